The van der Waals surface area contributed by atoms with Gasteiger partial charge < -0.3 is 10.6 Å². The summed E-state index contributed by atoms with van der Waals surface area (Å²) in [7, 11) is 0. The summed E-state index contributed by atoms with van der Waals surface area (Å²) >= 11 is 0. The number of carbonyl (C=O) groups excluding carboxylic acids is 3. The molecule has 2 aliphatic rings. The maximum absolute atomic E-state index is 13.1. The molecule has 128 valence electrons. The van der Waals surface area contributed by atoms with Crippen molar-refractivity contribution >= 4 is 23.5 Å². The van der Waals surface area contributed by atoms with E-state index in [1.54, 1.807) is 24.3 Å². The van der Waals surface area contributed by atoms with Crippen molar-refractivity contribution in [1.82, 2.24) is 16.0 Å². The number of rotatable bonds is 4. The minimum absolute atomic E-state index is 0.322. The number of amides is 4. The number of nitrogens with one attached hydrogen (secondary N) is 4. The minimum atomic E-state index is -2.86. The van der Waals surface area contributed by atoms with E-state index >= 15 is 0 Å². The Morgan fingerprint density at radius 2 is 1.96 bits per heavy atom. The zero-order valence-electron chi connectivity index (χ0n) is 12.6. The monoisotopic (exact) mass is 338 g/mol. The van der Waals surface area contributed by atoms with Gasteiger partial charge in [-0.3, -0.25) is 20.2 Å². The molecule has 1 aromatic rings. The molecule has 0 saturated carbocycles. The fourth-order valence-corrected chi connectivity index (χ4v) is 2.69. The molecular weight excluding hydrogens is 322 g/mol. The van der Waals surface area contributed by atoms with Crippen molar-refractivity contribution in [2.75, 3.05) is 11.9 Å². The first kappa shape index (κ1) is 16.3. The third kappa shape index (κ3) is 3.67. The van der Waals surface area contributed by atoms with Gasteiger partial charge in [0.15, 0.2) is 0 Å². The number of carbonyl (C=O) groups is 3. The molecule has 9 heteroatoms. The first-order valence-corrected chi connectivity index (χ1v) is 7.45. The molecule has 0 aromatic heterocycles. The van der Waals surface area contributed by atoms with E-state index in [9.17, 15) is 23.2 Å². The van der Waals surface area contributed by atoms with Gasteiger partial charge in [-0.25, -0.2) is 13.6 Å². The smallest absolute Gasteiger partial charge is 0.322 e. The molecule has 0 bridgehead atoms. The molecule has 4 N–H and O–H groups in total. The molecule has 2 heterocycles. The Morgan fingerprint density at radius 3 is 2.50 bits per heavy atom. The summed E-state index contributed by atoms with van der Waals surface area (Å²) in [6.07, 6.45) is -0.199. The van der Waals surface area contributed by atoms with Crippen LogP contribution in [0, 0.1) is 0 Å². The molecule has 2 aliphatic heterocycles. The zero-order chi connectivity index (χ0) is 17.3. The van der Waals surface area contributed by atoms with Gasteiger partial charge in [0.25, 0.3) is 11.8 Å². The highest BCUT2D eigenvalue weighted by Crippen LogP contribution is 2.25. The van der Waals surface area contributed by atoms with E-state index in [1.165, 1.54) is 0 Å². The molecular formula is C15H16F2N4O3. The predicted octanol–water partition coefficient (Wildman–Crippen LogP) is 0.373. The van der Waals surface area contributed by atoms with Crippen LogP contribution >= 0.6 is 0 Å². The maximum atomic E-state index is 13.1. The third-order valence-corrected chi connectivity index (χ3v) is 3.95. The second kappa shape index (κ2) is 6.16. The van der Waals surface area contributed by atoms with Crippen LogP contribution in [0.5, 0.6) is 0 Å². The lowest BCUT2D eigenvalue weighted by Crippen LogP contribution is -2.35. The highest BCUT2D eigenvalue weighted by molar-refractivity contribution is 6.04. The lowest BCUT2D eigenvalue weighted by atomic mass is 10.1. The largest absolute Gasteiger partial charge is 0.326 e. The number of anilines is 1. The summed E-state index contributed by atoms with van der Waals surface area (Å²) in [6, 6.07) is 4.58. The number of alkyl halides is 2. The number of halogens is 2. The molecule has 2 unspecified atom stereocenters. The Hall–Kier alpha value is -2.55. The zero-order valence-corrected chi connectivity index (χ0v) is 12.6. The van der Waals surface area contributed by atoms with Crippen LogP contribution < -0.4 is 21.3 Å². The summed E-state index contributed by atoms with van der Waals surface area (Å²) in [6.45, 7) is -0.501. The SMILES string of the molecule is O=C1NC(=O)C(Cc2ccc(NC(=O)C3CC(F)(F)CN3)cc2)N1. The second-order valence-corrected chi connectivity index (χ2v) is 5.90. The Balaban J connectivity index is 1.56. The van der Waals surface area contributed by atoms with E-state index < -0.39 is 42.9 Å². The Labute approximate surface area is 136 Å². The lowest BCUT2D eigenvalue weighted by molar-refractivity contribution is -0.120. The van der Waals surface area contributed by atoms with Crippen LogP contribution in [-0.2, 0) is 16.0 Å². The summed E-state index contributed by atoms with van der Waals surface area (Å²) in [5, 5.41) is 9.71. The van der Waals surface area contributed by atoms with Crippen molar-refractivity contribution in [3.8, 4) is 0 Å². The standard InChI is InChI=1S/C15H16F2N4O3/c16-15(17)6-11(18-7-15)13(23)19-9-3-1-8(2-4-9)5-10-12(22)21-14(24)20-10/h1-4,10-11,18H,5-7H2,(H,19,23)(H2,20,21,22,24). The van der Waals surface area contributed by atoms with E-state index in [2.05, 4.69) is 21.3 Å². The topological polar surface area (TPSA) is 99.3 Å². The molecule has 3 rings (SSSR count). The fraction of sp³-hybridized carbons (Fsp3) is 0.400. The van der Waals surface area contributed by atoms with Gasteiger partial charge >= 0.3 is 6.03 Å². The van der Waals surface area contributed by atoms with E-state index in [4.69, 9.17) is 0 Å². The fourth-order valence-electron chi connectivity index (χ4n) is 2.69. The van der Waals surface area contributed by atoms with Gasteiger partial charge in [0.05, 0.1) is 12.6 Å². The van der Waals surface area contributed by atoms with Crippen molar-refractivity contribution < 1.29 is 23.2 Å². The molecule has 24 heavy (non-hydrogen) atoms. The van der Waals surface area contributed by atoms with Crippen LogP contribution in [-0.4, -0.2) is 42.4 Å². The number of imide groups is 1. The number of urea groups is 1. The average Bonchev–Trinajstić information content (AvgIpc) is 3.03. The lowest BCUT2D eigenvalue weighted by Gasteiger charge is -2.12. The van der Waals surface area contributed by atoms with E-state index in [0.717, 1.165) is 5.56 Å². The molecule has 0 spiro atoms. The van der Waals surface area contributed by atoms with E-state index in [0.29, 0.717) is 12.1 Å². The normalized spacial score (nSPS) is 25.2. The molecule has 2 atom stereocenters. The Kier molecular flexibility index (Phi) is 4.18. The Bertz CT molecular complexity index is 678. The summed E-state index contributed by atoms with van der Waals surface area (Å²) in [5.74, 6) is -3.76. The van der Waals surface area contributed by atoms with Crippen LogP contribution in [0.15, 0.2) is 24.3 Å². The van der Waals surface area contributed by atoms with Gasteiger partial charge in [0.1, 0.15) is 6.04 Å². The molecule has 0 radical (unpaired) electrons. The quantitative estimate of drug-likeness (QED) is 0.596. The summed E-state index contributed by atoms with van der Waals surface area (Å²) in [4.78, 5) is 34.5. The van der Waals surface area contributed by atoms with Crippen molar-refractivity contribution in [2.24, 2.45) is 0 Å². The van der Waals surface area contributed by atoms with Crippen molar-refractivity contribution in [3.05, 3.63) is 29.8 Å². The highest BCUT2D eigenvalue weighted by Gasteiger charge is 2.42. The van der Waals surface area contributed by atoms with Gasteiger partial charge in [-0.05, 0) is 17.7 Å². The summed E-state index contributed by atoms with van der Waals surface area (Å²) < 4.78 is 26.2. The van der Waals surface area contributed by atoms with Crippen LogP contribution in [0.2, 0.25) is 0 Å². The summed E-state index contributed by atoms with van der Waals surface area (Å²) in [5.41, 5.74) is 1.27. The van der Waals surface area contributed by atoms with Crippen LogP contribution in [0.4, 0.5) is 19.3 Å². The maximum Gasteiger partial charge on any atom is 0.322 e. The first-order valence-electron chi connectivity index (χ1n) is 7.45. The second-order valence-electron chi connectivity index (χ2n) is 5.90. The van der Waals surface area contributed by atoms with Gasteiger partial charge in [-0.1, -0.05) is 12.1 Å². The van der Waals surface area contributed by atoms with E-state index in [-0.39, 0.29) is 5.91 Å². The average molecular weight is 338 g/mol. The van der Waals surface area contributed by atoms with Gasteiger partial charge in [0, 0.05) is 18.5 Å². The third-order valence-electron chi connectivity index (χ3n) is 3.95. The number of hydrogen-bond acceptors (Lipinski definition) is 4. The molecule has 0 aliphatic carbocycles. The minimum Gasteiger partial charge on any atom is -0.326 e. The highest BCUT2D eigenvalue weighted by atomic mass is 19.3. The number of hydrogen-bond donors (Lipinski definition) is 4. The van der Waals surface area contributed by atoms with Crippen molar-refractivity contribution in [1.29, 1.82) is 0 Å². The molecule has 2 saturated heterocycles. The van der Waals surface area contributed by atoms with Gasteiger partial charge in [-0.15, -0.1) is 0 Å². The molecule has 7 nitrogen and oxygen atoms in total. The van der Waals surface area contributed by atoms with Crippen LogP contribution in [0.25, 0.3) is 0 Å². The van der Waals surface area contributed by atoms with Crippen molar-refractivity contribution in [3.63, 3.8) is 0 Å². The molecule has 1 aromatic carbocycles. The van der Waals surface area contributed by atoms with Gasteiger partial charge in [-0.2, -0.15) is 0 Å². The molecule has 2 fully saturated rings. The predicted molar refractivity (Wildman–Crippen MR) is 80.6 cm³/mol. The van der Waals surface area contributed by atoms with E-state index in [1.807, 2.05) is 0 Å². The van der Waals surface area contributed by atoms with Crippen molar-refractivity contribution in [2.45, 2.75) is 30.8 Å². The number of benzene rings is 1. The first-order chi connectivity index (χ1) is 11.3. The van der Waals surface area contributed by atoms with Gasteiger partial charge in [0.2, 0.25) is 5.91 Å². The van der Waals surface area contributed by atoms with Crippen LogP contribution in [0.3, 0.4) is 0 Å². The Morgan fingerprint density at radius 1 is 1.25 bits per heavy atom. The van der Waals surface area contributed by atoms with Crippen LogP contribution in [0.1, 0.15) is 12.0 Å². The molecule has 4 amide bonds.